The van der Waals surface area contributed by atoms with Crippen LogP contribution in [-0.2, 0) is 0 Å². The lowest BCUT2D eigenvalue weighted by Crippen LogP contribution is -2.22. The normalized spacial score (nSPS) is 19.5. The molecule has 1 atom stereocenters. The minimum Gasteiger partial charge on any atom is -0.494 e. The summed E-state index contributed by atoms with van der Waals surface area (Å²) in [4.78, 5) is 0. The van der Waals surface area contributed by atoms with Crippen LogP contribution in [0.5, 0.6) is 5.75 Å². The van der Waals surface area contributed by atoms with Crippen LogP contribution in [0, 0.1) is 0 Å². The number of benzene rings is 1. The highest BCUT2D eigenvalue weighted by molar-refractivity contribution is 6.22. The minimum absolute atomic E-state index is 0.0125. The first-order valence-electron chi connectivity index (χ1n) is 5.74. The van der Waals surface area contributed by atoms with Gasteiger partial charge in [0.15, 0.2) is 0 Å². The highest BCUT2D eigenvalue weighted by Crippen LogP contribution is 2.25. The van der Waals surface area contributed by atoms with Gasteiger partial charge >= 0.3 is 0 Å². The van der Waals surface area contributed by atoms with Gasteiger partial charge in [0.2, 0.25) is 0 Å². The molecule has 1 aromatic rings. The molecule has 90 valence electrons. The quantitative estimate of drug-likeness (QED) is 0.828. The summed E-state index contributed by atoms with van der Waals surface area (Å²) < 4.78 is 5.41. The third-order valence-electron chi connectivity index (χ3n) is 2.68. The molecule has 2 rings (SSSR count). The van der Waals surface area contributed by atoms with Gasteiger partial charge in [-0.15, -0.1) is 11.6 Å². The molecule has 2 nitrogen and oxygen atoms in total. The number of ether oxygens (including phenoxy) is 1. The second kappa shape index (κ2) is 5.28. The van der Waals surface area contributed by atoms with Crippen molar-refractivity contribution in [3.63, 3.8) is 0 Å². The highest BCUT2D eigenvalue weighted by Gasteiger charge is 2.15. The van der Waals surface area contributed by atoms with Crippen molar-refractivity contribution in [2.45, 2.75) is 18.7 Å². The van der Waals surface area contributed by atoms with Crippen molar-refractivity contribution in [3.8, 4) is 5.75 Å². The van der Waals surface area contributed by atoms with E-state index in [1.165, 1.54) is 0 Å². The molecule has 0 saturated heterocycles. The summed E-state index contributed by atoms with van der Waals surface area (Å²) in [6, 6.07) is 8.01. The smallest absolute Gasteiger partial charge is 0.119 e. The molecule has 1 aromatic carbocycles. The molecule has 1 aliphatic heterocycles. The van der Waals surface area contributed by atoms with Gasteiger partial charge in [0.1, 0.15) is 5.75 Å². The zero-order valence-electron chi connectivity index (χ0n) is 9.87. The van der Waals surface area contributed by atoms with Crippen LogP contribution in [0.2, 0.25) is 0 Å². The Bertz CT molecular complexity index is 436. The van der Waals surface area contributed by atoms with Gasteiger partial charge in [0.25, 0.3) is 0 Å². The van der Waals surface area contributed by atoms with E-state index in [0.29, 0.717) is 6.61 Å². The molecule has 1 heterocycles. The lowest BCUT2D eigenvalue weighted by Gasteiger charge is -2.22. The number of allylic oxidation sites excluding steroid dienone is 2. The summed E-state index contributed by atoms with van der Waals surface area (Å²) in [5.74, 6) is 0.890. The molecule has 0 spiro atoms. The average molecular weight is 250 g/mol. The maximum atomic E-state index is 6.06. The van der Waals surface area contributed by atoms with Gasteiger partial charge in [-0.3, -0.25) is 0 Å². The lowest BCUT2D eigenvalue weighted by atomic mass is 10.1. The molecule has 0 radical (unpaired) electrons. The second-order valence-corrected chi connectivity index (χ2v) is 4.46. The molecule has 0 amide bonds. The number of alkyl halides is 1. The van der Waals surface area contributed by atoms with Crippen LogP contribution in [0.1, 0.15) is 18.9 Å². The zero-order valence-corrected chi connectivity index (χ0v) is 10.6. The standard InChI is InChI=1S/C14H16ClNO/c1-3-17-12-6-4-11(5-7-12)14-9-8-13(15)10(2)16-14/h4-7,9,13,16H,2-3,8H2,1H3. The monoisotopic (exact) mass is 249 g/mol. The molecule has 1 N–H and O–H groups in total. The lowest BCUT2D eigenvalue weighted by molar-refractivity contribution is 0.340. The van der Waals surface area contributed by atoms with Gasteiger partial charge in [0, 0.05) is 11.4 Å². The van der Waals surface area contributed by atoms with E-state index in [-0.39, 0.29) is 5.38 Å². The van der Waals surface area contributed by atoms with Gasteiger partial charge in [0.05, 0.1) is 12.0 Å². The van der Waals surface area contributed by atoms with E-state index in [2.05, 4.69) is 18.0 Å². The molecule has 0 aromatic heterocycles. The fourth-order valence-electron chi connectivity index (χ4n) is 1.75. The highest BCUT2D eigenvalue weighted by atomic mass is 35.5. The van der Waals surface area contributed by atoms with Gasteiger partial charge in [-0.25, -0.2) is 0 Å². The summed E-state index contributed by atoms with van der Waals surface area (Å²) in [5.41, 5.74) is 3.05. The second-order valence-electron chi connectivity index (χ2n) is 3.93. The summed E-state index contributed by atoms with van der Waals surface area (Å²) in [6.45, 7) is 6.57. The Labute approximate surface area is 107 Å². The minimum atomic E-state index is -0.0125. The zero-order chi connectivity index (χ0) is 12.3. The van der Waals surface area contributed by atoms with Crippen molar-refractivity contribution in [2.24, 2.45) is 0 Å². The first-order valence-corrected chi connectivity index (χ1v) is 6.17. The van der Waals surface area contributed by atoms with Crippen LogP contribution >= 0.6 is 11.6 Å². The van der Waals surface area contributed by atoms with Crippen molar-refractivity contribution in [2.75, 3.05) is 6.61 Å². The van der Waals surface area contributed by atoms with Crippen LogP contribution in [0.3, 0.4) is 0 Å². The van der Waals surface area contributed by atoms with E-state index in [4.69, 9.17) is 16.3 Å². The molecule has 1 aliphatic rings. The molecular formula is C14H16ClNO. The van der Waals surface area contributed by atoms with Crippen molar-refractivity contribution in [3.05, 3.63) is 48.2 Å². The average Bonchev–Trinajstić information content (AvgIpc) is 2.34. The largest absolute Gasteiger partial charge is 0.494 e. The number of hydrogen-bond donors (Lipinski definition) is 1. The first kappa shape index (κ1) is 12.1. The Hall–Kier alpha value is -1.41. The van der Waals surface area contributed by atoms with Crippen molar-refractivity contribution < 1.29 is 4.74 Å². The molecule has 0 bridgehead atoms. The van der Waals surface area contributed by atoms with E-state index in [1.54, 1.807) is 0 Å². The summed E-state index contributed by atoms with van der Waals surface area (Å²) in [5, 5.41) is 3.22. The predicted molar refractivity (Wildman–Crippen MR) is 72.1 cm³/mol. The molecular weight excluding hydrogens is 234 g/mol. The Kier molecular flexibility index (Phi) is 3.75. The Morgan fingerprint density at radius 3 is 2.71 bits per heavy atom. The fourth-order valence-corrected chi connectivity index (χ4v) is 1.90. The van der Waals surface area contributed by atoms with Crippen LogP contribution in [0.25, 0.3) is 5.70 Å². The fraction of sp³-hybridized carbons (Fsp3) is 0.286. The third-order valence-corrected chi connectivity index (χ3v) is 3.12. The molecule has 0 saturated carbocycles. The van der Waals surface area contributed by atoms with E-state index in [9.17, 15) is 0 Å². The Balaban J connectivity index is 2.15. The predicted octanol–water partition coefficient (Wildman–Crippen LogP) is 3.54. The van der Waals surface area contributed by atoms with Crippen molar-refractivity contribution in [1.82, 2.24) is 5.32 Å². The SMILES string of the molecule is C=C1NC(c2ccc(OCC)cc2)=CCC1Cl. The van der Waals surface area contributed by atoms with E-state index in [0.717, 1.165) is 29.1 Å². The number of halogens is 1. The first-order chi connectivity index (χ1) is 8.20. The van der Waals surface area contributed by atoms with Crippen LogP contribution in [-0.4, -0.2) is 12.0 Å². The third kappa shape index (κ3) is 2.83. The molecule has 3 heteroatoms. The maximum Gasteiger partial charge on any atom is 0.119 e. The van der Waals surface area contributed by atoms with Crippen molar-refractivity contribution in [1.29, 1.82) is 0 Å². The molecule has 17 heavy (non-hydrogen) atoms. The van der Waals surface area contributed by atoms with Gasteiger partial charge in [-0.05, 0) is 43.2 Å². The number of hydrogen-bond acceptors (Lipinski definition) is 2. The summed E-state index contributed by atoms with van der Waals surface area (Å²) in [7, 11) is 0. The molecule has 0 fully saturated rings. The van der Waals surface area contributed by atoms with Crippen LogP contribution in [0.4, 0.5) is 0 Å². The van der Waals surface area contributed by atoms with Gasteiger partial charge in [-0.1, -0.05) is 12.7 Å². The maximum absolute atomic E-state index is 6.06. The number of rotatable bonds is 3. The summed E-state index contributed by atoms with van der Waals surface area (Å²) >= 11 is 6.06. The van der Waals surface area contributed by atoms with Gasteiger partial charge in [-0.2, -0.15) is 0 Å². The summed E-state index contributed by atoms with van der Waals surface area (Å²) in [6.07, 6.45) is 2.91. The van der Waals surface area contributed by atoms with Gasteiger partial charge < -0.3 is 10.1 Å². The Morgan fingerprint density at radius 2 is 2.12 bits per heavy atom. The number of nitrogens with one attached hydrogen (secondary N) is 1. The van der Waals surface area contributed by atoms with E-state index >= 15 is 0 Å². The van der Waals surface area contributed by atoms with E-state index in [1.807, 2.05) is 31.2 Å². The van der Waals surface area contributed by atoms with Crippen LogP contribution in [0.15, 0.2) is 42.6 Å². The molecule has 0 aliphatic carbocycles. The van der Waals surface area contributed by atoms with E-state index < -0.39 is 0 Å². The van der Waals surface area contributed by atoms with Crippen LogP contribution < -0.4 is 10.1 Å². The topological polar surface area (TPSA) is 21.3 Å². The van der Waals surface area contributed by atoms with Crippen molar-refractivity contribution >= 4 is 17.3 Å². The molecule has 1 unspecified atom stereocenters. The Morgan fingerprint density at radius 1 is 1.41 bits per heavy atom.